The van der Waals surface area contributed by atoms with Crippen molar-refractivity contribution in [3.63, 3.8) is 0 Å². The van der Waals surface area contributed by atoms with Crippen molar-refractivity contribution in [3.05, 3.63) is 58.8 Å². The third-order valence-electron chi connectivity index (χ3n) is 3.12. The van der Waals surface area contributed by atoms with E-state index in [-0.39, 0.29) is 0 Å². The van der Waals surface area contributed by atoms with Crippen molar-refractivity contribution in [2.75, 3.05) is 5.73 Å². The minimum Gasteiger partial charge on any atom is -0.456 e. The van der Waals surface area contributed by atoms with E-state index < -0.39 is 0 Å². The topological polar surface area (TPSA) is 48.1 Å². The van der Waals surface area contributed by atoms with Gasteiger partial charge in [-0.15, -0.1) is 0 Å². The minimum absolute atomic E-state index is 0.698. The highest BCUT2D eigenvalue weighted by atomic mass is 79.9. The van der Waals surface area contributed by atoms with Gasteiger partial charge in [0.2, 0.25) is 0 Å². The van der Waals surface area contributed by atoms with Gasteiger partial charge in [0.1, 0.15) is 11.5 Å². The third-order valence-corrected chi connectivity index (χ3v) is 3.74. The lowest BCUT2D eigenvalue weighted by Crippen LogP contribution is -1.92. The predicted molar refractivity (Wildman–Crippen MR) is 85.1 cm³/mol. The standard InChI is InChI=1S/C16H13BrN2O/c1-10-2-4-16(13(17)8-10)20-15-5-3-14(18)12-9-19-7-6-11(12)15/h2-9H,18H2,1H3. The van der Waals surface area contributed by atoms with Crippen LogP contribution in [0.3, 0.4) is 0 Å². The molecule has 0 saturated carbocycles. The molecule has 1 heterocycles. The molecule has 0 bridgehead atoms. The van der Waals surface area contributed by atoms with Gasteiger partial charge in [-0.05, 0) is 58.7 Å². The van der Waals surface area contributed by atoms with Crippen LogP contribution in [-0.2, 0) is 0 Å². The van der Waals surface area contributed by atoms with Gasteiger partial charge in [-0.25, -0.2) is 0 Å². The normalized spacial score (nSPS) is 10.7. The highest BCUT2D eigenvalue weighted by Gasteiger charge is 2.08. The van der Waals surface area contributed by atoms with Crippen LogP contribution in [0.5, 0.6) is 11.5 Å². The zero-order chi connectivity index (χ0) is 14.1. The summed E-state index contributed by atoms with van der Waals surface area (Å²) in [5, 5.41) is 1.85. The lowest BCUT2D eigenvalue weighted by molar-refractivity contribution is 0.485. The molecular formula is C16H13BrN2O. The van der Waals surface area contributed by atoms with Crippen LogP contribution < -0.4 is 10.5 Å². The second-order valence-corrected chi connectivity index (χ2v) is 5.46. The molecule has 1 aromatic heterocycles. The lowest BCUT2D eigenvalue weighted by atomic mass is 10.1. The average molecular weight is 329 g/mol. The summed E-state index contributed by atoms with van der Waals surface area (Å²) < 4.78 is 6.93. The molecular weight excluding hydrogens is 316 g/mol. The second-order valence-electron chi connectivity index (χ2n) is 4.61. The Hall–Kier alpha value is -2.07. The smallest absolute Gasteiger partial charge is 0.141 e. The van der Waals surface area contributed by atoms with E-state index in [0.29, 0.717) is 5.69 Å². The Balaban J connectivity index is 2.09. The van der Waals surface area contributed by atoms with Crippen molar-refractivity contribution < 1.29 is 4.74 Å². The molecule has 0 aliphatic carbocycles. The molecule has 3 nitrogen and oxygen atoms in total. The zero-order valence-corrected chi connectivity index (χ0v) is 12.5. The lowest BCUT2D eigenvalue weighted by Gasteiger charge is -2.11. The zero-order valence-electron chi connectivity index (χ0n) is 10.9. The molecule has 0 aliphatic rings. The van der Waals surface area contributed by atoms with E-state index in [1.807, 2.05) is 43.3 Å². The predicted octanol–water partition coefficient (Wildman–Crippen LogP) is 4.68. The van der Waals surface area contributed by atoms with E-state index in [2.05, 4.69) is 20.9 Å². The van der Waals surface area contributed by atoms with Crippen LogP contribution in [0.4, 0.5) is 5.69 Å². The van der Waals surface area contributed by atoms with Gasteiger partial charge in [0, 0.05) is 28.9 Å². The molecule has 2 N–H and O–H groups in total. The molecule has 0 unspecified atom stereocenters. The first kappa shape index (κ1) is 12.9. The molecule has 3 rings (SSSR count). The van der Waals surface area contributed by atoms with Crippen molar-refractivity contribution in [1.29, 1.82) is 0 Å². The number of halogens is 1. The maximum absolute atomic E-state index is 6.00. The van der Waals surface area contributed by atoms with Crippen LogP contribution in [0.25, 0.3) is 10.8 Å². The van der Waals surface area contributed by atoms with E-state index in [0.717, 1.165) is 26.7 Å². The second kappa shape index (κ2) is 5.13. The Morgan fingerprint density at radius 2 is 1.85 bits per heavy atom. The highest BCUT2D eigenvalue weighted by Crippen LogP contribution is 2.35. The van der Waals surface area contributed by atoms with Crippen LogP contribution in [0.2, 0.25) is 0 Å². The number of nitrogens with two attached hydrogens (primary N) is 1. The number of nitrogens with zero attached hydrogens (tertiary/aromatic N) is 1. The van der Waals surface area contributed by atoms with Crippen molar-refractivity contribution >= 4 is 32.4 Å². The van der Waals surface area contributed by atoms with Gasteiger partial charge >= 0.3 is 0 Å². The number of aryl methyl sites for hydroxylation is 1. The van der Waals surface area contributed by atoms with Gasteiger partial charge in [0.25, 0.3) is 0 Å². The molecule has 100 valence electrons. The number of nitrogen functional groups attached to an aromatic ring is 1. The van der Waals surface area contributed by atoms with Crippen LogP contribution in [0.15, 0.2) is 53.3 Å². The fourth-order valence-corrected chi connectivity index (χ4v) is 2.65. The van der Waals surface area contributed by atoms with Gasteiger partial charge in [-0.2, -0.15) is 0 Å². The quantitative estimate of drug-likeness (QED) is 0.695. The number of anilines is 1. The average Bonchev–Trinajstić information content (AvgIpc) is 2.45. The number of rotatable bonds is 2. The summed E-state index contributed by atoms with van der Waals surface area (Å²) >= 11 is 3.52. The summed E-state index contributed by atoms with van der Waals surface area (Å²) in [5.41, 5.74) is 7.84. The monoisotopic (exact) mass is 328 g/mol. The molecule has 0 fully saturated rings. The Labute approximate surface area is 125 Å². The molecule has 20 heavy (non-hydrogen) atoms. The molecule has 0 spiro atoms. The number of pyridine rings is 1. The van der Waals surface area contributed by atoms with Crippen LogP contribution in [0, 0.1) is 6.92 Å². The van der Waals surface area contributed by atoms with Gasteiger partial charge in [0.15, 0.2) is 0 Å². The van der Waals surface area contributed by atoms with Gasteiger partial charge in [-0.3, -0.25) is 4.98 Å². The summed E-state index contributed by atoms with van der Waals surface area (Å²) in [4.78, 5) is 4.11. The number of aromatic nitrogens is 1. The number of ether oxygens (including phenoxy) is 1. The van der Waals surface area contributed by atoms with Crippen molar-refractivity contribution in [3.8, 4) is 11.5 Å². The van der Waals surface area contributed by atoms with E-state index >= 15 is 0 Å². The third kappa shape index (κ3) is 2.34. The first-order valence-electron chi connectivity index (χ1n) is 6.21. The molecule has 0 radical (unpaired) electrons. The summed E-state index contributed by atoms with van der Waals surface area (Å²) in [6, 6.07) is 11.6. The van der Waals surface area contributed by atoms with Crippen molar-refractivity contribution in [2.24, 2.45) is 0 Å². The van der Waals surface area contributed by atoms with Crippen LogP contribution in [0.1, 0.15) is 5.56 Å². The summed E-state index contributed by atoms with van der Waals surface area (Å²) in [6.07, 6.45) is 3.49. The van der Waals surface area contributed by atoms with E-state index in [4.69, 9.17) is 10.5 Å². The van der Waals surface area contributed by atoms with E-state index in [9.17, 15) is 0 Å². The Kier molecular flexibility index (Phi) is 3.32. The fraction of sp³-hybridized carbons (Fsp3) is 0.0625. The first-order valence-corrected chi connectivity index (χ1v) is 7.00. The Morgan fingerprint density at radius 3 is 2.65 bits per heavy atom. The maximum Gasteiger partial charge on any atom is 0.141 e. The molecule has 0 atom stereocenters. The highest BCUT2D eigenvalue weighted by molar-refractivity contribution is 9.10. The van der Waals surface area contributed by atoms with Crippen LogP contribution in [-0.4, -0.2) is 4.98 Å². The van der Waals surface area contributed by atoms with E-state index in [1.54, 1.807) is 12.4 Å². The maximum atomic E-state index is 6.00. The van der Waals surface area contributed by atoms with Gasteiger partial charge in [-0.1, -0.05) is 6.07 Å². The summed E-state index contributed by atoms with van der Waals surface area (Å²) in [7, 11) is 0. The summed E-state index contributed by atoms with van der Waals surface area (Å²) in [6.45, 7) is 2.04. The molecule has 0 aliphatic heterocycles. The number of hydrogen-bond donors (Lipinski definition) is 1. The molecule has 3 aromatic rings. The van der Waals surface area contributed by atoms with Gasteiger partial charge < -0.3 is 10.5 Å². The van der Waals surface area contributed by atoms with Gasteiger partial charge in [0.05, 0.1) is 4.47 Å². The Morgan fingerprint density at radius 1 is 1.05 bits per heavy atom. The fourth-order valence-electron chi connectivity index (χ4n) is 2.08. The van der Waals surface area contributed by atoms with Crippen molar-refractivity contribution in [2.45, 2.75) is 6.92 Å². The molecule has 2 aromatic carbocycles. The number of hydrogen-bond acceptors (Lipinski definition) is 3. The molecule has 0 saturated heterocycles. The molecule has 0 amide bonds. The number of fused-ring (bicyclic) bond motifs is 1. The van der Waals surface area contributed by atoms with Crippen LogP contribution >= 0.6 is 15.9 Å². The van der Waals surface area contributed by atoms with E-state index in [1.165, 1.54) is 5.56 Å². The Bertz CT molecular complexity index is 787. The first-order chi connectivity index (χ1) is 9.65. The molecule has 4 heteroatoms. The number of benzene rings is 2. The SMILES string of the molecule is Cc1ccc(Oc2ccc(N)c3cnccc23)c(Br)c1. The largest absolute Gasteiger partial charge is 0.456 e. The summed E-state index contributed by atoms with van der Waals surface area (Å²) in [5.74, 6) is 1.54. The van der Waals surface area contributed by atoms with Crippen molar-refractivity contribution in [1.82, 2.24) is 4.98 Å². The minimum atomic E-state index is 0.698.